The quantitative estimate of drug-likeness (QED) is 0.813. The normalized spacial score (nSPS) is 15.3. The monoisotopic (exact) mass is 409 g/mol. The molecular weight excluding hydrogens is 387 g/mol. The summed E-state index contributed by atoms with van der Waals surface area (Å²) in [6.45, 7) is 2.32. The minimum Gasteiger partial charge on any atom is -0.398 e. The first kappa shape index (κ1) is 20.9. The number of carbonyl (C=O) groups excluding carboxylic acids is 1. The maximum Gasteiger partial charge on any atom is 0.416 e. The lowest BCUT2D eigenvalue weighted by Gasteiger charge is -2.25. The molecule has 29 heavy (non-hydrogen) atoms. The average Bonchev–Trinajstić information content (AvgIpc) is 2.67. The van der Waals surface area contributed by atoms with Gasteiger partial charge in [-0.3, -0.25) is 9.59 Å². The molecule has 3 N–H and O–H groups in total. The lowest BCUT2D eigenvalue weighted by molar-refractivity contribution is -0.138. The molecule has 156 valence electrons. The van der Waals surface area contributed by atoms with Gasteiger partial charge in [0.2, 0.25) is 0 Å². The summed E-state index contributed by atoms with van der Waals surface area (Å²) in [7, 11) is 0. The second-order valence-electron chi connectivity index (χ2n) is 7.00. The molecular formula is C20H22F3N3O3. The molecule has 1 fully saturated rings. The molecule has 2 aromatic rings. The Kier molecular flexibility index (Phi) is 5.97. The summed E-state index contributed by atoms with van der Waals surface area (Å²) >= 11 is 0. The Hall–Kier alpha value is -2.81. The van der Waals surface area contributed by atoms with Crippen LogP contribution in [0.3, 0.4) is 0 Å². The lowest BCUT2D eigenvalue weighted by Crippen LogP contribution is -2.32. The van der Waals surface area contributed by atoms with E-state index < -0.39 is 17.6 Å². The molecule has 1 aromatic heterocycles. The Morgan fingerprint density at radius 3 is 2.66 bits per heavy atom. The zero-order valence-electron chi connectivity index (χ0n) is 15.9. The number of amides is 1. The maximum absolute atomic E-state index is 13.1. The van der Waals surface area contributed by atoms with Gasteiger partial charge in [0, 0.05) is 38.1 Å². The van der Waals surface area contributed by atoms with Crippen LogP contribution in [-0.2, 0) is 17.5 Å². The van der Waals surface area contributed by atoms with Crippen LogP contribution >= 0.6 is 0 Å². The van der Waals surface area contributed by atoms with Gasteiger partial charge in [-0.2, -0.15) is 13.2 Å². The number of carbonyl (C=O) groups is 1. The van der Waals surface area contributed by atoms with Crippen molar-refractivity contribution in [3.8, 4) is 0 Å². The maximum atomic E-state index is 13.1. The molecule has 1 aliphatic heterocycles. The Bertz CT molecular complexity index is 964. The number of pyridine rings is 1. The number of aromatic nitrogens is 1. The second kappa shape index (κ2) is 8.28. The van der Waals surface area contributed by atoms with Crippen molar-refractivity contribution < 1.29 is 22.7 Å². The van der Waals surface area contributed by atoms with E-state index in [0.29, 0.717) is 31.6 Å². The van der Waals surface area contributed by atoms with Crippen molar-refractivity contribution in [2.24, 2.45) is 0 Å². The summed E-state index contributed by atoms with van der Waals surface area (Å²) < 4.78 is 45.9. The predicted octanol–water partition coefficient (Wildman–Crippen LogP) is 3.04. The van der Waals surface area contributed by atoms with E-state index in [1.165, 1.54) is 35.9 Å². The highest BCUT2D eigenvalue weighted by Crippen LogP contribution is 2.32. The summed E-state index contributed by atoms with van der Waals surface area (Å²) in [5.74, 6) is -0.555. The molecule has 0 saturated carbocycles. The minimum absolute atomic E-state index is 0.0246. The highest BCUT2D eigenvalue weighted by molar-refractivity contribution is 5.98. The van der Waals surface area contributed by atoms with Crippen LogP contribution < -0.4 is 16.6 Å². The van der Waals surface area contributed by atoms with Gasteiger partial charge in [-0.25, -0.2) is 0 Å². The number of nitrogens with zero attached hydrogens (tertiary/aromatic N) is 1. The molecule has 1 aliphatic rings. The summed E-state index contributed by atoms with van der Waals surface area (Å²) in [6.07, 6.45) is -1.75. The standard InChI is InChI=1S/C20H22F3N3O3/c1-12-13(3-2-4-16(12)20(21,22)23)10-25-19(28)15-11-26(18(27)9-17(15)24)14-5-7-29-8-6-14/h2-4,9,11,14H,5-8,10,24H2,1H3,(H,25,28). The predicted molar refractivity (Wildman–Crippen MR) is 102 cm³/mol. The van der Waals surface area contributed by atoms with Crippen LogP contribution in [-0.4, -0.2) is 23.7 Å². The number of nitrogens with two attached hydrogens (primary N) is 1. The number of halogens is 3. The molecule has 0 radical (unpaired) electrons. The van der Waals surface area contributed by atoms with Crippen LogP contribution in [0.25, 0.3) is 0 Å². The van der Waals surface area contributed by atoms with Crippen LogP contribution in [0.5, 0.6) is 0 Å². The van der Waals surface area contributed by atoms with E-state index in [1.807, 2.05) is 0 Å². The van der Waals surface area contributed by atoms with E-state index in [4.69, 9.17) is 10.5 Å². The van der Waals surface area contributed by atoms with Crippen molar-refractivity contribution in [3.63, 3.8) is 0 Å². The first-order valence-electron chi connectivity index (χ1n) is 9.21. The van der Waals surface area contributed by atoms with Gasteiger partial charge in [0.25, 0.3) is 11.5 Å². The molecule has 9 heteroatoms. The van der Waals surface area contributed by atoms with Gasteiger partial charge in [-0.1, -0.05) is 12.1 Å². The molecule has 0 bridgehead atoms. The zero-order chi connectivity index (χ0) is 21.2. The van der Waals surface area contributed by atoms with Crippen LogP contribution in [0.2, 0.25) is 0 Å². The Labute approximate surface area is 165 Å². The van der Waals surface area contributed by atoms with E-state index >= 15 is 0 Å². The van der Waals surface area contributed by atoms with Crippen molar-refractivity contribution in [1.82, 2.24) is 9.88 Å². The molecule has 0 aliphatic carbocycles. The number of rotatable bonds is 4. The fourth-order valence-corrected chi connectivity index (χ4v) is 3.45. The fourth-order valence-electron chi connectivity index (χ4n) is 3.45. The minimum atomic E-state index is -4.46. The van der Waals surface area contributed by atoms with Gasteiger partial charge in [0.15, 0.2) is 0 Å². The van der Waals surface area contributed by atoms with Crippen molar-refractivity contribution >= 4 is 11.6 Å². The molecule has 0 spiro atoms. The van der Waals surface area contributed by atoms with Crippen LogP contribution in [0, 0.1) is 6.92 Å². The van der Waals surface area contributed by atoms with Gasteiger partial charge in [-0.15, -0.1) is 0 Å². The zero-order valence-corrected chi connectivity index (χ0v) is 15.9. The summed E-state index contributed by atoms with van der Waals surface area (Å²) in [6, 6.07) is 4.94. The van der Waals surface area contributed by atoms with Crippen LogP contribution in [0.15, 0.2) is 35.3 Å². The van der Waals surface area contributed by atoms with E-state index in [9.17, 15) is 22.8 Å². The average molecular weight is 409 g/mol. The number of hydrogen-bond acceptors (Lipinski definition) is 4. The van der Waals surface area contributed by atoms with Gasteiger partial charge in [0.05, 0.1) is 16.8 Å². The van der Waals surface area contributed by atoms with Crippen molar-refractivity contribution in [2.45, 2.75) is 38.5 Å². The summed E-state index contributed by atoms with van der Waals surface area (Å²) in [5.41, 5.74) is 5.35. The van der Waals surface area contributed by atoms with E-state index in [2.05, 4.69) is 5.32 Å². The molecule has 1 amide bonds. The number of ether oxygens (including phenoxy) is 1. The third-order valence-corrected chi connectivity index (χ3v) is 5.13. The summed E-state index contributed by atoms with van der Waals surface area (Å²) in [4.78, 5) is 24.9. The highest BCUT2D eigenvalue weighted by Gasteiger charge is 2.32. The van der Waals surface area contributed by atoms with Crippen molar-refractivity contribution in [1.29, 1.82) is 0 Å². The topological polar surface area (TPSA) is 86.4 Å². The number of anilines is 1. The largest absolute Gasteiger partial charge is 0.416 e. The number of nitrogen functional groups attached to an aromatic ring is 1. The molecule has 1 aromatic carbocycles. The van der Waals surface area contributed by atoms with E-state index in [-0.39, 0.29) is 35.0 Å². The first-order chi connectivity index (χ1) is 13.7. The van der Waals surface area contributed by atoms with Crippen molar-refractivity contribution in [2.75, 3.05) is 18.9 Å². The van der Waals surface area contributed by atoms with Gasteiger partial charge >= 0.3 is 6.18 Å². The molecule has 1 saturated heterocycles. The molecule has 2 heterocycles. The molecule has 0 unspecified atom stereocenters. The molecule has 6 nitrogen and oxygen atoms in total. The molecule has 3 rings (SSSR count). The third-order valence-electron chi connectivity index (χ3n) is 5.13. The van der Waals surface area contributed by atoms with E-state index in [0.717, 1.165) is 6.07 Å². The number of benzene rings is 1. The van der Waals surface area contributed by atoms with Gasteiger partial charge < -0.3 is 20.4 Å². The van der Waals surface area contributed by atoms with Gasteiger partial charge in [-0.05, 0) is 37.0 Å². The van der Waals surface area contributed by atoms with E-state index in [1.54, 1.807) is 0 Å². The fraction of sp³-hybridized carbons (Fsp3) is 0.400. The smallest absolute Gasteiger partial charge is 0.398 e. The SMILES string of the molecule is Cc1c(CNC(=O)c2cn(C3CCOCC3)c(=O)cc2N)cccc1C(F)(F)F. The van der Waals surface area contributed by atoms with Crippen LogP contribution in [0.4, 0.5) is 18.9 Å². The Morgan fingerprint density at radius 2 is 2.00 bits per heavy atom. The van der Waals surface area contributed by atoms with Crippen LogP contribution in [0.1, 0.15) is 45.9 Å². The Morgan fingerprint density at radius 1 is 1.31 bits per heavy atom. The first-order valence-corrected chi connectivity index (χ1v) is 9.21. The summed E-state index contributed by atoms with van der Waals surface area (Å²) in [5, 5.41) is 2.60. The van der Waals surface area contributed by atoms with Crippen molar-refractivity contribution in [3.05, 3.63) is 63.1 Å². The number of nitrogens with one attached hydrogen (secondary N) is 1. The third kappa shape index (κ3) is 4.61. The highest BCUT2D eigenvalue weighted by atomic mass is 19.4. The number of hydrogen-bond donors (Lipinski definition) is 2. The second-order valence-corrected chi connectivity index (χ2v) is 7.00. The Balaban J connectivity index is 1.80. The molecule has 0 atom stereocenters. The van der Waals surface area contributed by atoms with Gasteiger partial charge in [0.1, 0.15) is 0 Å². The number of alkyl halides is 3. The lowest BCUT2D eigenvalue weighted by atomic mass is 10.0.